The fourth-order valence-electron chi connectivity index (χ4n) is 3.60. The number of benzene rings is 1. The van der Waals surface area contributed by atoms with Crippen molar-refractivity contribution in [3.05, 3.63) is 42.1 Å². The Labute approximate surface area is 145 Å². The number of hydrogen-bond acceptors (Lipinski definition) is 5. The maximum absolute atomic E-state index is 12.4. The lowest BCUT2D eigenvalue weighted by Gasteiger charge is -2.34. The molecule has 7 nitrogen and oxygen atoms in total. The molecule has 1 aromatic carbocycles. The minimum atomic E-state index is -0.517. The van der Waals surface area contributed by atoms with Gasteiger partial charge in [0.25, 0.3) is 0 Å². The molecule has 0 radical (unpaired) electrons. The molecule has 4 rings (SSSR count). The van der Waals surface area contributed by atoms with Crippen LogP contribution in [0, 0.1) is 0 Å². The van der Waals surface area contributed by atoms with Crippen molar-refractivity contribution in [2.24, 2.45) is 7.05 Å². The molecule has 0 saturated carbocycles. The number of likely N-dealkylation sites (tertiary alicyclic amines) is 1. The molecule has 25 heavy (non-hydrogen) atoms. The predicted molar refractivity (Wildman–Crippen MR) is 91.6 cm³/mol. The summed E-state index contributed by atoms with van der Waals surface area (Å²) in [7, 11) is 1.80. The topological polar surface area (TPSA) is 76.5 Å². The molecule has 1 atom stereocenters. The molecule has 130 valence electrons. The van der Waals surface area contributed by atoms with Crippen LogP contribution in [0.2, 0.25) is 0 Å². The normalized spacial score (nSPS) is 22.7. The average molecular weight is 340 g/mol. The minimum Gasteiger partial charge on any atom is -0.485 e. The van der Waals surface area contributed by atoms with Gasteiger partial charge in [-0.3, -0.25) is 19.2 Å². The van der Waals surface area contributed by atoms with E-state index in [1.807, 2.05) is 23.1 Å². The summed E-state index contributed by atoms with van der Waals surface area (Å²) in [6.07, 6.45) is 2.88. The second kappa shape index (κ2) is 6.00. The molecule has 3 heterocycles. The third-order valence-corrected chi connectivity index (χ3v) is 4.74. The molecule has 0 unspecified atom stereocenters. The fourth-order valence-corrected chi connectivity index (χ4v) is 3.60. The average Bonchev–Trinajstić information content (AvgIpc) is 3.14. The molecule has 1 N–H and O–H groups in total. The van der Waals surface area contributed by atoms with Crippen LogP contribution in [0.3, 0.4) is 0 Å². The molecule has 0 bridgehead atoms. The SMILES string of the molecule is Cn1ccc(NC(=O)CN2CC[C@]3(CC(=O)c4ccccc4O3)C2)n1. The molecule has 1 spiro atoms. The van der Waals surface area contributed by atoms with Crippen LogP contribution in [0.25, 0.3) is 0 Å². The summed E-state index contributed by atoms with van der Waals surface area (Å²) < 4.78 is 7.81. The molecule has 1 aromatic heterocycles. The zero-order valence-corrected chi connectivity index (χ0v) is 14.1. The molecule has 7 heteroatoms. The van der Waals surface area contributed by atoms with Crippen LogP contribution >= 0.6 is 0 Å². The molecule has 2 aromatic rings. The summed E-state index contributed by atoms with van der Waals surface area (Å²) in [5, 5.41) is 6.93. The second-order valence-electron chi connectivity index (χ2n) is 6.76. The number of ether oxygens (including phenoxy) is 1. The number of amides is 1. The van der Waals surface area contributed by atoms with E-state index in [-0.39, 0.29) is 18.2 Å². The number of carbonyl (C=O) groups is 2. The molecule has 0 aliphatic carbocycles. The third kappa shape index (κ3) is 3.15. The Bertz CT molecular complexity index is 831. The van der Waals surface area contributed by atoms with E-state index in [4.69, 9.17) is 4.74 Å². The van der Waals surface area contributed by atoms with Gasteiger partial charge in [0.1, 0.15) is 11.4 Å². The number of aryl methyl sites for hydroxylation is 1. The number of hydrogen-bond donors (Lipinski definition) is 1. The van der Waals surface area contributed by atoms with Gasteiger partial charge in [-0.25, -0.2) is 0 Å². The Morgan fingerprint density at radius 3 is 3.00 bits per heavy atom. The minimum absolute atomic E-state index is 0.113. The zero-order valence-electron chi connectivity index (χ0n) is 14.1. The summed E-state index contributed by atoms with van der Waals surface area (Å²) in [6.45, 7) is 1.56. The van der Waals surface area contributed by atoms with E-state index < -0.39 is 5.60 Å². The Hall–Kier alpha value is -2.67. The van der Waals surface area contributed by atoms with Gasteiger partial charge in [-0.1, -0.05) is 12.1 Å². The Kier molecular flexibility index (Phi) is 3.80. The number of Topliss-reactive ketones (excluding diaryl/α,β-unsaturated/α-hetero) is 1. The van der Waals surface area contributed by atoms with Crippen molar-refractivity contribution < 1.29 is 14.3 Å². The maximum atomic E-state index is 12.4. The monoisotopic (exact) mass is 340 g/mol. The largest absolute Gasteiger partial charge is 0.485 e. The quantitative estimate of drug-likeness (QED) is 0.916. The Balaban J connectivity index is 1.40. The van der Waals surface area contributed by atoms with Crippen molar-refractivity contribution in [1.29, 1.82) is 0 Å². The van der Waals surface area contributed by atoms with Crippen molar-refractivity contribution >= 4 is 17.5 Å². The Morgan fingerprint density at radius 2 is 2.20 bits per heavy atom. The van der Waals surface area contributed by atoms with Gasteiger partial charge in [0.05, 0.1) is 18.5 Å². The molecule has 1 amide bonds. The summed E-state index contributed by atoms with van der Waals surface area (Å²) >= 11 is 0. The van der Waals surface area contributed by atoms with Gasteiger partial charge in [-0.15, -0.1) is 0 Å². The van der Waals surface area contributed by atoms with Gasteiger partial charge in [0.2, 0.25) is 5.91 Å². The van der Waals surface area contributed by atoms with Gasteiger partial charge in [-0.2, -0.15) is 5.10 Å². The lowest BCUT2D eigenvalue weighted by Crippen LogP contribution is -2.45. The maximum Gasteiger partial charge on any atom is 0.239 e. The standard InChI is InChI=1S/C18H20N4O3/c1-21-8-6-16(20-21)19-17(24)11-22-9-7-18(12-22)10-14(23)13-4-2-3-5-15(13)25-18/h2-6,8H,7,9-12H2,1H3,(H,19,20,24)/t18-/m0/s1. The van der Waals surface area contributed by atoms with Gasteiger partial charge >= 0.3 is 0 Å². The molecule has 2 aliphatic rings. The second-order valence-corrected chi connectivity index (χ2v) is 6.76. The number of carbonyl (C=O) groups excluding carboxylic acids is 2. The van der Waals surface area contributed by atoms with Crippen LogP contribution in [0.5, 0.6) is 5.75 Å². The molecular formula is C18H20N4O3. The van der Waals surface area contributed by atoms with E-state index in [2.05, 4.69) is 10.4 Å². The van der Waals surface area contributed by atoms with Crippen LogP contribution in [-0.2, 0) is 11.8 Å². The van der Waals surface area contributed by atoms with Crippen LogP contribution in [0.1, 0.15) is 23.2 Å². The first-order valence-electron chi connectivity index (χ1n) is 8.36. The lowest BCUT2D eigenvalue weighted by molar-refractivity contribution is -0.117. The van der Waals surface area contributed by atoms with Gasteiger partial charge in [-0.05, 0) is 12.1 Å². The van der Waals surface area contributed by atoms with Crippen molar-refractivity contribution in [2.75, 3.05) is 25.0 Å². The van der Waals surface area contributed by atoms with Gasteiger partial charge in [0.15, 0.2) is 11.6 Å². The lowest BCUT2D eigenvalue weighted by atomic mass is 9.89. The highest BCUT2D eigenvalue weighted by atomic mass is 16.5. The summed E-state index contributed by atoms with van der Waals surface area (Å²) in [5.41, 5.74) is 0.135. The van der Waals surface area contributed by atoms with Crippen molar-refractivity contribution in [3.8, 4) is 5.75 Å². The third-order valence-electron chi connectivity index (χ3n) is 4.74. The Morgan fingerprint density at radius 1 is 1.36 bits per heavy atom. The number of fused-ring (bicyclic) bond motifs is 1. The van der Waals surface area contributed by atoms with Gasteiger partial charge < -0.3 is 10.1 Å². The van der Waals surface area contributed by atoms with E-state index in [1.54, 1.807) is 30.1 Å². The van der Waals surface area contributed by atoms with E-state index in [9.17, 15) is 9.59 Å². The molecule has 2 aliphatic heterocycles. The van der Waals surface area contributed by atoms with Crippen molar-refractivity contribution in [1.82, 2.24) is 14.7 Å². The van der Waals surface area contributed by atoms with Crippen molar-refractivity contribution in [3.63, 3.8) is 0 Å². The number of para-hydroxylation sites is 1. The van der Waals surface area contributed by atoms with Crippen LogP contribution < -0.4 is 10.1 Å². The van der Waals surface area contributed by atoms with E-state index in [0.29, 0.717) is 30.1 Å². The first-order chi connectivity index (χ1) is 12.0. The number of rotatable bonds is 3. The first-order valence-corrected chi connectivity index (χ1v) is 8.36. The molecule has 1 saturated heterocycles. The van der Waals surface area contributed by atoms with Crippen LogP contribution in [0.15, 0.2) is 36.5 Å². The first kappa shape index (κ1) is 15.8. The zero-order chi connectivity index (χ0) is 17.4. The van der Waals surface area contributed by atoms with E-state index in [1.165, 1.54) is 0 Å². The summed E-state index contributed by atoms with van der Waals surface area (Å²) in [5.74, 6) is 1.19. The molecule has 1 fully saturated rings. The number of nitrogens with one attached hydrogen (secondary N) is 1. The number of ketones is 1. The number of nitrogens with zero attached hydrogens (tertiary/aromatic N) is 3. The van der Waals surface area contributed by atoms with Crippen LogP contribution in [-0.4, -0.2) is 51.6 Å². The predicted octanol–water partition coefficient (Wildman–Crippen LogP) is 1.47. The number of anilines is 1. The summed E-state index contributed by atoms with van der Waals surface area (Å²) in [4.78, 5) is 26.7. The highest BCUT2D eigenvalue weighted by molar-refractivity contribution is 6.00. The summed E-state index contributed by atoms with van der Waals surface area (Å²) in [6, 6.07) is 9.12. The van der Waals surface area contributed by atoms with Crippen molar-refractivity contribution in [2.45, 2.75) is 18.4 Å². The van der Waals surface area contributed by atoms with E-state index in [0.717, 1.165) is 13.0 Å². The van der Waals surface area contributed by atoms with Gasteiger partial charge in [0, 0.05) is 38.8 Å². The van der Waals surface area contributed by atoms with E-state index >= 15 is 0 Å². The fraction of sp³-hybridized carbons (Fsp3) is 0.389. The smallest absolute Gasteiger partial charge is 0.239 e. The molecular weight excluding hydrogens is 320 g/mol. The highest BCUT2D eigenvalue weighted by Crippen LogP contribution is 2.38. The van der Waals surface area contributed by atoms with Crippen LogP contribution in [0.4, 0.5) is 5.82 Å². The highest BCUT2D eigenvalue weighted by Gasteiger charge is 2.45. The number of aromatic nitrogens is 2.